The van der Waals surface area contributed by atoms with Crippen LogP contribution in [0.15, 0.2) is 18.5 Å². The maximum Gasteiger partial charge on any atom is 0.132 e. The number of rotatable bonds is 4. The standard InChI is InChI=1S/C10H15NS3/c1-8-7-11-6-5-9(8)10(12-2,13-3)14-4/h5-7H,1-4H3. The Morgan fingerprint density at radius 1 is 1.14 bits per heavy atom. The molecular weight excluding hydrogens is 230 g/mol. The summed E-state index contributed by atoms with van der Waals surface area (Å²) in [6, 6.07) is 2.12. The molecule has 0 aromatic carbocycles. The maximum atomic E-state index is 4.13. The molecule has 0 aliphatic carbocycles. The number of hydrogen-bond acceptors (Lipinski definition) is 4. The third kappa shape index (κ3) is 2.23. The molecule has 0 aliphatic heterocycles. The Hall–Kier alpha value is 0.200. The average molecular weight is 245 g/mol. The molecule has 1 aromatic heterocycles. The molecule has 0 amide bonds. The molecule has 1 nitrogen and oxygen atoms in total. The average Bonchev–Trinajstić information content (AvgIpc) is 2.24. The van der Waals surface area contributed by atoms with Crippen LogP contribution < -0.4 is 0 Å². The fourth-order valence-corrected chi connectivity index (χ4v) is 4.74. The van der Waals surface area contributed by atoms with Crippen molar-refractivity contribution in [1.29, 1.82) is 0 Å². The molecule has 0 atom stereocenters. The molecule has 0 spiro atoms. The predicted octanol–water partition coefficient (Wildman–Crippen LogP) is 3.59. The zero-order chi connectivity index (χ0) is 10.6. The summed E-state index contributed by atoms with van der Waals surface area (Å²) >= 11 is 5.65. The smallest absolute Gasteiger partial charge is 0.132 e. The Bertz CT molecular complexity index is 289. The normalized spacial score (nSPS) is 11.7. The van der Waals surface area contributed by atoms with E-state index in [4.69, 9.17) is 0 Å². The molecule has 0 aliphatic rings. The lowest BCUT2D eigenvalue weighted by Crippen LogP contribution is -2.13. The summed E-state index contributed by atoms with van der Waals surface area (Å²) in [7, 11) is 0. The minimum absolute atomic E-state index is 0.118. The number of hydrogen-bond donors (Lipinski definition) is 0. The Morgan fingerprint density at radius 2 is 1.71 bits per heavy atom. The van der Waals surface area contributed by atoms with E-state index in [0.29, 0.717) is 0 Å². The van der Waals surface area contributed by atoms with Crippen molar-refractivity contribution in [2.75, 3.05) is 18.8 Å². The highest BCUT2D eigenvalue weighted by atomic mass is 32.3. The van der Waals surface area contributed by atoms with Crippen LogP contribution in [0.2, 0.25) is 0 Å². The largest absolute Gasteiger partial charge is 0.264 e. The van der Waals surface area contributed by atoms with Crippen molar-refractivity contribution in [3.05, 3.63) is 29.6 Å². The highest BCUT2D eigenvalue weighted by molar-refractivity contribution is 8.32. The van der Waals surface area contributed by atoms with Gasteiger partial charge in [-0.25, -0.2) is 0 Å². The van der Waals surface area contributed by atoms with Gasteiger partial charge in [-0.15, -0.1) is 35.3 Å². The van der Waals surface area contributed by atoms with Crippen LogP contribution >= 0.6 is 35.3 Å². The topological polar surface area (TPSA) is 12.9 Å². The highest BCUT2D eigenvalue weighted by Crippen LogP contribution is 2.52. The van der Waals surface area contributed by atoms with Crippen LogP contribution in [-0.4, -0.2) is 23.8 Å². The SMILES string of the molecule is CSC(SC)(SC)c1ccncc1C. The van der Waals surface area contributed by atoms with E-state index in [0.717, 1.165) is 0 Å². The summed E-state index contributed by atoms with van der Waals surface area (Å²) in [5.41, 5.74) is 2.64. The van der Waals surface area contributed by atoms with Crippen LogP contribution in [0.1, 0.15) is 11.1 Å². The molecule has 14 heavy (non-hydrogen) atoms. The maximum absolute atomic E-state index is 4.13. The Morgan fingerprint density at radius 3 is 2.14 bits per heavy atom. The first kappa shape index (κ1) is 12.3. The quantitative estimate of drug-likeness (QED) is 0.751. The summed E-state index contributed by atoms with van der Waals surface area (Å²) in [6.07, 6.45) is 10.3. The van der Waals surface area contributed by atoms with E-state index >= 15 is 0 Å². The van der Waals surface area contributed by atoms with Gasteiger partial charge >= 0.3 is 0 Å². The Balaban J connectivity index is 3.17. The summed E-state index contributed by atoms with van der Waals surface area (Å²) in [6.45, 7) is 2.12. The molecule has 1 aromatic rings. The zero-order valence-corrected chi connectivity index (χ0v) is 11.4. The molecule has 78 valence electrons. The summed E-state index contributed by atoms with van der Waals surface area (Å²) in [5, 5.41) is 0. The fourth-order valence-electron chi connectivity index (χ4n) is 1.40. The number of thioether (sulfide) groups is 3. The zero-order valence-electron chi connectivity index (χ0n) is 8.90. The van der Waals surface area contributed by atoms with Crippen molar-refractivity contribution in [3.8, 4) is 0 Å². The van der Waals surface area contributed by atoms with Crippen molar-refractivity contribution in [3.63, 3.8) is 0 Å². The van der Waals surface area contributed by atoms with Crippen molar-refractivity contribution < 1.29 is 0 Å². The molecule has 0 saturated heterocycles. The van der Waals surface area contributed by atoms with E-state index in [1.165, 1.54) is 11.1 Å². The highest BCUT2D eigenvalue weighted by Gasteiger charge is 2.30. The van der Waals surface area contributed by atoms with Crippen LogP contribution in [0.4, 0.5) is 0 Å². The lowest BCUT2D eigenvalue weighted by atomic mass is 10.2. The van der Waals surface area contributed by atoms with Crippen LogP contribution in [0, 0.1) is 6.92 Å². The summed E-state index contributed by atoms with van der Waals surface area (Å²) < 4.78 is 0.118. The molecule has 0 saturated carbocycles. The Labute approximate surface area is 98.8 Å². The minimum atomic E-state index is 0.118. The van der Waals surface area contributed by atoms with Gasteiger partial charge in [-0.1, -0.05) is 0 Å². The van der Waals surface area contributed by atoms with E-state index in [1.807, 2.05) is 47.7 Å². The van der Waals surface area contributed by atoms with Gasteiger partial charge in [0.05, 0.1) is 0 Å². The van der Waals surface area contributed by atoms with Gasteiger partial charge in [0.2, 0.25) is 0 Å². The van der Waals surface area contributed by atoms with Crippen LogP contribution in [-0.2, 0) is 3.41 Å². The van der Waals surface area contributed by atoms with Crippen LogP contribution in [0.25, 0.3) is 0 Å². The van der Waals surface area contributed by atoms with E-state index in [9.17, 15) is 0 Å². The van der Waals surface area contributed by atoms with E-state index < -0.39 is 0 Å². The molecule has 0 fully saturated rings. The van der Waals surface area contributed by atoms with Crippen LogP contribution in [0.5, 0.6) is 0 Å². The second-order valence-electron chi connectivity index (χ2n) is 2.86. The number of aryl methyl sites for hydroxylation is 1. The van der Waals surface area contributed by atoms with Gasteiger partial charge in [0.15, 0.2) is 0 Å². The number of nitrogens with zero attached hydrogens (tertiary/aromatic N) is 1. The van der Waals surface area contributed by atoms with Crippen molar-refractivity contribution >= 4 is 35.3 Å². The molecule has 0 unspecified atom stereocenters. The monoisotopic (exact) mass is 245 g/mol. The second-order valence-corrected chi connectivity index (χ2v) is 6.70. The first-order valence-corrected chi connectivity index (χ1v) is 7.94. The number of aromatic nitrogens is 1. The van der Waals surface area contributed by atoms with Crippen molar-refractivity contribution in [1.82, 2.24) is 4.98 Å². The van der Waals surface area contributed by atoms with Crippen molar-refractivity contribution in [2.45, 2.75) is 10.3 Å². The first-order valence-electron chi connectivity index (χ1n) is 4.26. The van der Waals surface area contributed by atoms with Gasteiger partial charge in [-0.05, 0) is 42.9 Å². The number of pyridine rings is 1. The third-order valence-electron chi connectivity index (χ3n) is 2.16. The predicted molar refractivity (Wildman–Crippen MR) is 71.2 cm³/mol. The van der Waals surface area contributed by atoms with Crippen LogP contribution in [0.3, 0.4) is 0 Å². The van der Waals surface area contributed by atoms with Gasteiger partial charge in [0, 0.05) is 12.4 Å². The lowest BCUT2D eigenvalue weighted by molar-refractivity contribution is 1.16. The van der Waals surface area contributed by atoms with Gasteiger partial charge < -0.3 is 0 Å². The minimum Gasteiger partial charge on any atom is -0.264 e. The molecule has 1 heterocycles. The lowest BCUT2D eigenvalue weighted by Gasteiger charge is -2.29. The van der Waals surface area contributed by atoms with Gasteiger partial charge in [0.25, 0.3) is 0 Å². The van der Waals surface area contributed by atoms with Gasteiger partial charge in [-0.2, -0.15) is 0 Å². The van der Waals surface area contributed by atoms with E-state index in [1.54, 1.807) is 0 Å². The van der Waals surface area contributed by atoms with Gasteiger partial charge in [-0.3, -0.25) is 4.98 Å². The molecule has 0 radical (unpaired) electrons. The molecule has 1 rings (SSSR count). The van der Waals surface area contributed by atoms with E-state index in [2.05, 4.69) is 36.7 Å². The second kappa shape index (κ2) is 5.33. The van der Waals surface area contributed by atoms with Crippen molar-refractivity contribution in [2.24, 2.45) is 0 Å². The molecule has 0 N–H and O–H groups in total. The Kier molecular flexibility index (Phi) is 4.67. The summed E-state index contributed by atoms with van der Waals surface area (Å²) in [4.78, 5) is 4.13. The van der Waals surface area contributed by atoms with E-state index in [-0.39, 0.29) is 3.41 Å². The third-order valence-corrected chi connectivity index (χ3v) is 7.43. The van der Waals surface area contributed by atoms with Gasteiger partial charge in [0.1, 0.15) is 3.41 Å². The molecule has 0 bridgehead atoms. The first-order chi connectivity index (χ1) is 6.70. The molecule has 4 heteroatoms. The molecular formula is C10H15NS3. The fraction of sp³-hybridized carbons (Fsp3) is 0.500. The summed E-state index contributed by atoms with van der Waals surface area (Å²) in [5.74, 6) is 0.